The number of rotatable bonds is 11. The summed E-state index contributed by atoms with van der Waals surface area (Å²) in [6, 6.07) is 0. The zero-order valence-corrected chi connectivity index (χ0v) is 20.0. The van der Waals surface area contributed by atoms with Crippen molar-refractivity contribution in [2.75, 3.05) is 0 Å². The second-order valence-corrected chi connectivity index (χ2v) is 10.6. The van der Waals surface area contributed by atoms with Crippen molar-refractivity contribution in [2.45, 2.75) is 107 Å². The molecular formula is C25H48O2. The summed E-state index contributed by atoms with van der Waals surface area (Å²) in [5, 5.41) is 0. The predicted octanol–water partition coefficient (Wildman–Crippen LogP) is 7.36. The third-order valence-electron chi connectivity index (χ3n) is 7.58. The lowest BCUT2D eigenvalue weighted by atomic mass is 9.78. The second kappa shape index (κ2) is 10.3. The summed E-state index contributed by atoms with van der Waals surface area (Å²) in [4.78, 5) is 13.5. The maximum atomic E-state index is 13.5. The van der Waals surface area contributed by atoms with Crippen LogP contribution in [-0.4, -0.2) is 12.1 Å². The van der Waals surface area contributed by atoms with Crippen molar-refractivity contribution in [3.8, 4) is 0 Å². The fourth-order valence-electron chi connectivity index (χ4n) is 5.10. The smallest absolute Gasteiger partial charge is 0.309 e. The highest BCUT2D eigenvalue weighted by Crippen LogP contribution is 2.56. The largest absolute Gasteiger partial charge is 0.462 e. The van der Waals surface area contributed by atoms with Crippen molar-refractivity contribution in [2.24, 2.45) is 46.8 Å². The molecule has 0 aliphatic heterocycles. The van der Waals surface area contributed by atoms with Crippen LogP contribution in [0.15, 0.2) is 0 Å². The first-order chi connectivity index (χ1) is 12.5. The molecule has 0 aromatic rings. The highest BCUT2D eigenvalue weighted by molar-refractivity contribution is 5.74. The Bertz CT molecular complexity index is 428. The van der Waals surface area contributed by atoms with Gasteiger partial charge in [-0.05, 0) is 73.0 Å². The normalized spacial score (nSPS) is 22.6. The molecule has 160 valence electrons. The monoisotopic (exact) mass is 380 g/mol. The molecule has 1 rings (SSSR count). The summed E-state index contributed by atoms with van der Waals surface area (Å²) in [7, 11) is 0. The van der Waals surface area contributed by atoms with Gasteiger partial charge in [0.25, 0.3) is 0 Å². The molecule has 0 N–H and O–H groups in total. The Morgan fingerprint density at radius 2 is 1.37 bits per heavy atom. The first kappa shape index (κ1) is 24.5. The molecule has 1 saturated carbocycles. The Balaban J connectivity index is 3.05. The molecule has 0 amide bonds. The van der Waals surface area contributed by atoms with Crippen LogP contribution in [0.5, 0.6) is 0 Å². The van der Waals surface area contributed by atoms with E-state index in [0.717, 1.165) is 25.7 Å². The first-order valence-corrected chi connectivity index (χ1v) is 11.7. The van der Waals surface area contributed by atoms with E-state index in [1.165, 1.54) is 6.42 Å². The molecule has 0 radical (unpaired) electrons. The van der Waals surface area contributed by atoms with Crippen LogP contribution in [0, 0.1) is 46.8 Å². The summed E-state index contributed by atoms with van der Waals surface area (Å²) < 4.78 is 6.40. The first-order valence-electron chi connectivity index (χ1n) is 11.7. The van der Waals surface area contributed by atoms with Crippen LogP contribution in [0.25, 0.3) is 0 Å². The van der Waals surface area contributed by atoms with E-state index in [9.17, 15) is 4.79 Å². The Morgan fingerprint density at radius 1 is 0.926 bits per heavy atom. The molecule has 4 unspecified atom stereocenters. The summed E-state index contributed by atoms with van der Waals surface area (Å²) in [6.45, 7) is 22.7. The van der Waals surface area contributed by atoms with E-state index in [0.29, 0.717) is 35.5 Å². The van der Waals surface area contributed by atoms with Gasteiger partial charge in [0, 0.05) is 0 Å². The summed E-state index contributed by atoms with van der Waals surface area (Å²) >= 11 is 0. The molecule has 1 aliphatic rings. The molecule has 1 fully saturated rings. The molecule has 0 aromatic carbocycles. The van der Waals surface area contributed by atoms with E-state index in [1.54, 1.807) is 0 Å². The summed E-state index contributed by atoms with van der Waals surface area (Å²) in [6.07, 6.45) is 5.61. The molecule has 0 spiro atoms. The van der Waals surface area contributed by atoms with E-state index in [1.807, 2.05) is 0 Å². The number of hydrogen-bond acceptors (Lipinski definition) is 2. The molecule has 0 aromatic heterocycles. The number of hydrogen-bond donors (Lipinski definition) is 0. The van der Waals surface area contributed by atoms with Crippen LogP contribution in [0.4, 0.5) is 0 Å². The molecule has 0 saturated heterocycles. The van der Waals surface area contributed by atoms with Gasteiger partial charge in [-0.15, -0.1) is 0 Å². The van der Waals surface area contributed by atoms with Gasteiger partial charge < -0.3 is 4.74 Å². The van der Waals surface area contributed by atoms with Crippen LogP contribution < -0.4 is 0 Å². The van der Waals surface area contributed by atoms with Gasteiger partial charge in [-0.3, -0.25) is 4.79 Å². The molecule has 27 heavy (non-hydrogen) atoms. The van der Waals surface area contributed by atoms with E-state index in [4.69, 9.17) is 4.74 Å². The van der Waals surface area contributed by atoms with Crippen LogP contribution >= 0.6 is 0 Å². The second-order valence-electron chi connectivity index (χ2n) is 10.6. The number of esters is 1. The third kappa shape index (κ3) is 6.23. The lowest BCUT2D eigenvalue weighted by molar-refractivity contribution is -0.165. The highest BCUT2D eigenvalue weighted by atomic mass is 16.5. The van der Waals surface area contributed by atoms with E-state index < -0.39 is 0 Å². The zero-order chi connectivity index (χ0) is 20.9. The van der Waals surface area contributed by atoms with Gasteiger partial charge in [-0.2, -0.15) is 0 Å². The SMILES string of the molecule is CCC(CC)C(OC(=O)C(C(C)C(C)C)C1CC1C(C)(C)C)C(CC)CC. The van der Waals surface area contributed by atoms with Gasteiger partial charge in [0.15, 0.2) is 0 Å². The van der Waals surface area contributed by atoms with Gasteiger partial charge >= 0.3 is 5.97 Å². The molecule has 0 heterocycles. The molecule has 1 aliphatic carbocycles. The van der Waals surface area contributed by atoms with Gasteiger partial charge in [-0.25, -0.2) is 0 Å². The van der Waals surface area contributed by atoms with E-state index in [2.05, 4.69) is 69.2 Å². The van der Waals surface area contributed by atoms with Crippen molar-refractivity contribution in [1.29, 1.82) is 0 Å². The van der Waals surface area contributed by atoms with Gasteiger partial charge in [0.05, 0.1) is 5.92 Å². The third-order valence-corrected chi connectivity index (χ3v) is 7.58. The zero-order valence-electron chi connectivity index (χ0n) is 20.0. The Labute approximate surface area is 170 Å². The average Bonchev–Trinajstić information content (AvgIpc) is 3.37. The molecule has 0 bridgehead atoms. The molecular weight excluding hydrogens is 332 g/mol. The number of carbonyl (C=O) groups excluding carboxylic acids is 1. The van der Waals surface area contributed by atoms with Gasteiger partial charge in [0.2, 0.25) is 0 Å². The lowest BCUT2D eigenvalue weighted by Crippen LogP contribution is -2.38. The van der Waals surface area contributed by atoms with Crippen LogP contribution in [-0.2, 0) is 9.53 Å². The minimum atomic E-state index is 0.0560. The minimum Gasteiger partial charge on any atom is -0.462 e. The fraction of sp³-hybridized carbons (Fsp3) is 0.960. The molecule has 4 atom stereocenters. The maximum Gasteiger partial charge on any atom is 0.309 e. The van der Waals surface area contributed by atoms with Crippen LogP contribution in [0.1, 0.15) is 101 Å². The Hall–Kier alpha value is -0.530. The predicted molar refractivity (Wildman–Crippen MR) is 117 cm³/mol. The molecule has 2 heteroatoms. The topological polar surface area (TPSA) is 26.3 Å². The summed E-state index contributed by atoms with van der Waals surface area (Å²) in [5.41, 5.74) is 0.282. The van der Waals surface area contributed by atoms with Crippen molar-refractivity contribution < 1.29 is 9.53 Å². The standard InChI is InChI=1S/C25H48O2/c1-11-18(12-2)23(19(13-3)14-4)27-24(26)22(17(7)16(5)6)20-15-21(20)25(8,9)10/h16-23H,11-15H2,1-10H3. The molecule has 2 nitrogen and oxygen atoms in total. The van der Waals surface area contributed by atoms with E-state index in [-0.39, 0.29) is 23.4 Å². The number of ether oxygens (including phenoxy) is 1. The van der Waals surface area contributed by atoms with Gasteiger partial charge in [-0.1, -0.05) is 69.2 Å². The average molecular weight is 381 g/mol. The van der Waals surface area contributed by atoms with Crippen molar-refractivity contribution in [3.05, 3.63) is 0 Å². The highest BCUT2D eigenvalue weighted by Gasteiger charge is 2.53. The fourth-order valence-corrected chi connectivity index (χ4v) is 5.10. The lowest BCUT2D eigenvalue weighted by Gasteiger charge is -2.35. The Kier molecular flexibility index (Phi) is 9.35. The van der Waals surface area contributed by atoms with Crippen molar-refractivity contribution in [3.63, 3.8) is 0 Å². The van der Waals surface area contributed by atoms with Crippen molar-refractivity contribution >= 4 is 5.97 Å². The summed E-state index contributed by atoms with van der Waals surface area (Å²) in [5.74, 6) is 3.13. The van der Waals surface area contributed by atoms with E-state index >= 15 is 0 Å². The van der Waals surface area contributed by atoms with Gasteiger partial charge in [0.1, 0.15) is 6.10 Å². The van der Waals surface area contributed by atoms with Crippen LogP contribution in [0.2, 0.25) is 0 Å². The minimum absolute atomic E-state index is 0.0560. The van der Waals surface area contributed by atoms with Crippen molar-refractivity contribution in [1.82, 2.24) is 0 Å². The quantitative estimate of drug-likeness (QED) is 0.350. The maximum absolute atomic E-state index is 13.5. The number of carbonyl (C=O) groups is 1. The van der Waals surface area contributed by atoms with Crippen LogP contribution in [0.3, 0.4) is 0 Å². The Morgan fingerprint density at radius 3 is 1.67 bits per heavy atom.